The average molecular weight is 176 g/mol. The normalized spacial score (nSPS) is 59.0. The van der Waals surface area contributed by atoms with Crippen molar-refractivity contribution in [3.8, 4) is 0 Å². The summed E-state index contributed by atoms with van der Waals surface area (Å²) in [5, 5.41) is 36.6. The standard InChI is InChI=1S/C7H12O5/c8-3-1-7(2-4(7)9)12-6(11)5(3)10/h3-6,8-11H,1-2H2/t3-,4?,5+,6?,7-/m0/s1. The molecule has 1 aliphatic heterocycles. The van der Waals surface area contributed by atoms with E-state index in [1.54, 1.807) is 0 Å². The molecule has 0 bridgehead atoms. The summed E-state index contributed by atoms with van der Waals surface area (Å²) >= 11 is 0. The monoisotopic (exact) mass is 176 g/mol. The van der Waals surface area contributed by atoms with Gasteiger partial charge in [0.15, 0.2) is 6.29 Å². The van der Waals surface area contributed by atoms with Gasteiger partial charge in [-0.1, -0.05) is 0 Å². The van der Waals surface area contributed by atoms with Gasteiger partial charge in [0.25, 0.3) is 0 Å². The van der Waals surface area contributed by atoms with Crippen LogP contribution in [0.4, 0.5) is 0 Å². The molecule has 2 unspecified atom stereocenters. The number of rotatable bonds is 0. The molecule has 1 spiro atoms. The van der Waals surface area contributed by atoms with Crippen molar-refractivity contribution >= 4 is 0 Å². The summed E-state index contributed by atoms with van der Waals surface area (Å²) < 4.78 is 4.98. The highest BCUT2D eigenvalue weighted by molar-refractivity contribution is 5.10. The SMILES string of the molecule is OC1O[C@]2(CC2O)C[C@H](O)[C@H]1O. The van der Waals surface area contributed by atoms with Crippen molar-refractivity contribution in [1.29, 1.82) is 0 Å². The fourth-order valence-corrected chi connectivity index (χ4v) is 1.64. The van der Waals surface area contributed by atoms with Crippen LogP contribution in [0.2, 0.25) is 0 Å². The molecule has 0 amide bonds. The predicted octanol–water partition coefficient (Wildman–Crippen LogP) is -2.05. The zero-order chi connectivity index (χ0) is 8.93. The second-order valence-corrected chi connectivity index (χ2v) is 3.56. The van der Waals surface area contributed by atoms with Crippen LogP contribution in [-0.4, -0.2) is 50.6 Å². The average Bonchev–Trinajstić information content (AvgIpc) is 2.56. The molecule has 2 fully saturated rings. The highest BCUT2D eigenvalue weighted by Crippen LogP contribution is 2.47. The van der Waals surface area contributed by atoms with Gasteiger partial charge in [0.1, 0.15) is 11.7 Å². The maximum absolute atomic E-state index is 9.24. The molecule has 1 saturated carbocycles. The van der Waals surface area contributed by atoms with Crippen molar-refractivity contribution in [3.05, 3.63) is 0 Å². The van der Waals surface area contributed by atoms with Crippen molar-refractivity contribution in [2.75, 3.05) is 0 Å². The van der Waals surface area contributed by atoms with E-state index in [-0.39, 0.29) is 6.42 Å². The van der Waals surface area contributed by atoms with Crippen molar-refractivity contribution in [2.24, 2.45) is 0 Å². The topological polar surface area (TPSA) is 90.2 Å². The molecular formula is C7H12O5. The van der Waals surface area contributed by atoms with Gasteiger partial charge in [-0.15, -0.1) is 0 Å². The van der Waals surface area contributed by atoms with Gasteiger partial charge in [-0.25, -0.2) is 0 Å². The Balaban J connectivity index is 2.07. The summed E-state index contributed by atoms with van der Waals surface area (Å²) in [6.07, 6.45) is -3.66. The van der Waals surface area contributed by atoms with Crippen LogP contribution in [0.5, 0.6) is 0 Å². The lowest BCUT2D eigenvalue weighted by Gasteiger charge is -2.34. The lowest BCUT2D eigenvalue weighted by molar-refractivity contribution is -0.261. The highest BCUT2D eigenvalue weighted by atomic mass is 16.6. The second kappa shape index (κ2) is 2.40. The largest absolute Gasteiger partial charge is 0.390 e. The van der Waals surface area contributed by atoms with E-state index in [2.05, 4.69) is 0 Å². The molecule has 0 radical (unpaired) electrons. The molecule has 0 aromatic carbocycles. The fourth-order valence-electron chi connectivity index (χ4n) is 1.64. The van der Waals surface area contributed by atoms with Crippen LogP contribution in [0, 0.1) is 0 Å². The molecule has 2 aliphatic rings. The number of aliphatic hydroxyl groups excluding tert-OH is 4. The summed E-state index contributed by atoms with van der Waals surface area (Å²) in [5.41, 5.74) is -0.794. The Morgan fingerprint density at radius 3 is 2.08 bits per heavy atom. The minimum absolute atomic E-state index is 0.187. The van der Waals surface area contributed by atoms with Crippen molar-refractivity contribution < 1.29 is 25.2 Å². The van der Waals surface area contributed by atoms with Gasteiger partial charge in [0, 0.05) is 12.8 Å². The summed E-state index contributed by atoms with van der Waals surface area (Å²) in [4.78, 5) is 0. The Morgan fingerprint density at radius 2 is 1.67 bits per heavy atom. The first kappa shape index (κ1) is 8.40. The van der Waals surface area contributed by atoms with E-state index in [0.29, 0.717) is 6.42 Å². The maximum Gasteiger partial charge on any atom is 0.184 e. The van der Waals surface area contributed by atoms with Crippen LogP contribution < -0.4 is 0 Å². The minimum Gasteiger partial charge on any atom is -0.390 e. The molecular weight excluding hydrogens is 164 g/mol. The molecule has 70 valence electrons. The molecule has 1 saturated heterocycles. The Hall–Kier alpha value is -0.200. The lowest BCUT2D eigenvalue weighted by Crippen LogP contribution is -2.50. The van der Waals surface area contributed by atoms with E-state index in [1.807, 2.05) is 0 Å². The number of ether oxygens (including phenoxy) is 1. The van der Waals surface area contributed by atoms with Gasteiger partial charge >= 0.3 is 0 Å². The van der Waals surface area contributed by atoms with Crippen LogP contribution in [0.25, 0.3) is 0 Å². The molecule has 5 atom stereocenters. The third kappa shape index (κ3) is 1.06. The zero-order valence-corrected chi connectivity index (χ0v) is 6.42. The number of hydrogen-bond acceptors (Lipinski definition) is 5. The predicted molar refractivity (Wildman–Crippen MR) is 37.1 cm³/mol. The molecule has 1 heterocycles. The van der Waals surface area contributed by atoms with Crippen molar-refractivity contribution in [2.45, 2.75) is 43.0 Å². The Bertz CT molecular complexity index is 182. The van der Waals surface area contributed by atoms with E-state index in [4.69, 9.17) is 20.1 Å². The summed E-state index contributed by atoms with van der Waals surface area (Å²) in [6.45, 7) is 0. The molecule has 2 rings (SSSR count). The highest BCUT2D eigenvalue weighted by Gasteiger charge is 2.61. The van der Waals surface area contributed by atoms with E-state index in [0.717, 1.165) is 0 Å². The maximum atomic E-state index is 9.24. The smallest absolute Gasteiger partial charge is 0.184 e. The number of aliphatic hydroxyl groups is 4. The van der Waals surface area contributed by atoms with E-state index < -0.39 is 30.2 Å². The Labute approximate surface area is 69.2 Å². The molecule has 5 nitrogen and oxygen atoms in total. The van der Waals surface area contributed by atoms with E-state index in [1.165, 1.54) is 0 Å². The minimum atomic E-state index is -1.38. The molecule has 5 heteroatoms. The zero-order valence-electron chi connectivity index (χ0n) is 6.42. The van der Waals surface area contributed by atoms with Gasteiger partial charge in [-0.05, 0) is 0 Å². The van der Waals surface area contributed by atoms with Crippen molar-refractivity contribution in [3.63, 3.8) is 0 Å². The second-order valence-electron chi connectivity index (χ2n) is 3.56. The number of hydrogen-bond donors (Lipinski definition) is 4. The lowest BCUT2D eigenvalue weighted by atomic mass is 10.0. The van der Waals surface area contributed by atoms with Gasteiger partial charge in [-0.3, -0.25) is 0 Å². The molecule has 12 heavy (non-hydrogen) atoms. The van der Waals surface area contributed by atoms with Crippen LogP contribution in [0.15, 0.2) is 0 Å². The molecule has 4 N–H and O–H groups in total. The van der Waals surface area contributed by atoms with E-state index in [9.17, 15) is 5.11 Å². The third-order valence-corrected chi connectivity index (χ3v) is 2.58. The molecule has 0 aromatic heterocycles. The van der Waals surface area contributed by atoms with Gasteiger partial charge in [0.2, 0.25) is 0 Å². The Kier molecular flexibility index (Phi) is 1.68. The first-order valence-corrected chi connectivity index (χ1v) is 3.95. The van der Waals surface area contributed by atoms with Crippen LogP contribution in [-0.2, 0) is 4.74 Å². The quantitative estimate of drug-likeness (QED) is 0.341. The van der Waals surface area contributed by atoms with Crippen LogP contribution in [0.3, 0.4) is 0 Å². The third-order valence-electron chi connectivity index (χ3n) is 2.58. The van der Waals surface area contributed by atoms with Gasteiger partial charge in [0.05, 0.1) is 12.2 Å². The summed E-state index contributed by atoms with van der Waals surface area (Å²) in [7, 11) is 0. The first-order valence-electron chi connectivity index (χ1n) is 3.95. The Morgan fingerprint density at radius 1 is 1.08 bits per heavy atom. The first-order chi connectivity index (χ1) is 5.55. The van der Waals surface area contributed by atoms with Gasteiger partial charge < -0.3 is 25.2 Å². The summed E-state index contributed by atoms with van der Waals surface area (Å²) in [6, 6.07) is 0. The molecule has 1 aliphatic carbocycles. The molecule has 0 aromatic rings. The van der Waals surface area contributed by atoms with Gasteiger partial charge in [-0.2, -0.15) is 0 Å². The van der Waals surface area contributed by atoms with E-state index >= 15 is 0 Å². The van der Waals surface area contributed by atoms with Crippen LogP contribution in [0.1, 0.15) is 12.8 Å². The summed E-state index contributed by atoms with van der Waals surface area (Å²) in [5.74, 6) is 0. The van der Waals surface area contributed by atoms with Crippen molar-refractivity contribution in [1.82, 2.24) is 0 Å². The van der Waals surface area contributed by atoms with Crippen LogP contribution >= 0.6 is 0 Å². The fraction of sp³-hybridized carbons (Fsp3) is 1.00.